The Morgan fingerprint density at radius 1 is 1.26 bits per heavy atom. The molecule has 0 saturated carbocycles. The van der Waals surface area contributed by atoms with Gasteiger partial charge in [0, 0.05) is 19.3 Å². The lowest BCUT2D eigenvalue weighted by Crippen LogP contribution is -2.34. The molecule has 3 heterocycles. The van der Waals surface area contributed by atoms with Crippen LogP contribution < -0.4 is 10.6 Å². The maximum absolute atomic E-state index is 12.6. The van der Waals surface area contributed by atoms with Crippen LogP contribution in [-0.2, 0) is 0 Å². The number of anilines is 2. The molecule has 0 radical (unpaired) electrons. The number of hydrogen-bond donors (Lipinski definition) is 1. The molecule has 23 heavy (non-hydrogen) atoms. The SMILES string of the molecule is CCC1CCN(c2cccc(C(=O)c3cccnc3N)n2)CC1. The van der Waals surface area contributed by atoms with Gasteiger partial charge >= 0.3 is 0 Å². The van der Waals surface area contributed by atoms with Gasteiger partial charge in [0.05, 0.1) is 5.56 Å². The van der Waals surface area contributed by atoms with Crippen molar-refractivity contribution in [3.8, 4) is 0 Å². The van der Waals surface area contributed by atoms with E-state index in [9.17, 15) is 4.79 Å². The van der Waals surface area contributed by atoms with Gasteiger partial charge in [-0.3, -0.25) is 4.79 Å². The summed E-state index contributed by atoms with van der Waals surface area (Å²) in [5.41, 5.74) is 6.62. The standard InChI is InChI=1S/C18H22N4O/c1-2-13-8-11-22(12-9-13)16-7-3-6-15(21-16)17(23)14-5-4-10-20-18(14)19/h3-7,10,13H,2,8-9,11-12H2,1H3,(H2,19,20). The number of ketones is 1. The van der Waals surface area contributed by atoms with E-state index in [1.807, 2.05) is 12.1 Å². The largest absolute Gasteiger partial charge is 0.383 e. The normalized spacial score (nSPS) is 15.6. The average Bonchev–Trinajstić information content (AvgIpc) is 2.62. The lowest BCUT2D eigenvalue weighted by molar-refractivity contribution is 0.103. The van der Waals surface area contributed by atoms with E-state index in [1.165, 1.54) is 19.3 Å². The Kier molecular flexibility index (Phi) is 4.55. The molecular weight excluding hydrogens is 288 g/mol. The zero-order chi connectivity index (χ0) is 16.2. The fourth-order valence-corrected chi connectivity index (χ4v) is 3.04. The van der Waals surface area contributed by atoms with Crippen LogP contribution in [0.25, 0.3) is 0 Å². The summed E-state index contributed by atoms with van der Waals surface area (Å²) in [5, 5.41) is 0. The lowest BCUT2D eigenvalue weighted by atomic mass is 9.94. The van der Waals surface area contributed by atoms with Crippen molar-refractivity contribution in [2.24, 2.45) is 5.92 Å². The van der Waals surface area contributed by atoms with Crippen molar-refractivity contribution in [2.45, 2.75) is 26.2 Å². The zero-order valence-electron chi connectivity index (χ0n) is 13.4. The van der Waals surface area contributed by atoms with Gasteiger partial charge in [0.1, 0.15) is 17.3 Å². The Labute approximate surface area is 136 Å². The van der Waals surface area contributed by atoms with Crippen LogP contribution >= 0.6 is 0 Å². The molecule has 0 aromatic carbocycles. The zero-order valence-corrected chi connectivity index (χ0v) is 13.4. The van der Waals surface area contributed by atoms with Crippen LogP contribution in [0.4, 0.5) is 11.6 Å². The number of aromatic nitrogens is 2. The number of hydrogen-bond acceptors (Lipinski definition) is 5. The number of nitrogen functional groups attached to an aromatic ring is 1. The number of rotatable bonds is 4. The highest BCUT2D eigenvalue weighted by Crippen LogP contribution is 2.24. The average molecular weight is 310 g/mol. The Balaban J connectivity index is 1.80. The van der Waals surface area contributed by atoms with Crippen LogP contribution in [0, 0.1) is 5.92 Å². The molecule has 5 nitrogen and oxygen atoms in total. The molecule has 2 N–H and O–H groups in total. The third-order valence-electron chi connectivity index (χ3n) is 4.57. The van der Waals surface area contributed by atoms with E-state index in [4.69, 9.17) is 5.73 Å². The van der Waals surface area contributed by atoms with Crippen molar-refractivity contribution in [2.75, 3.05) is 23.7 Å². The van der Waals surface area contributed by atoms with Crippen LogP contribution in [0.5, 0.6) is 0 Å². The monoisotopic (exact) mass is 310 g/mol. The molecular formula is C18H22N4O. The molecule has 0 aliphatic carbocycles. The third kappa shape index (κ3) is 3.33. The molecule has 0 bridgehead atoms. The van der Waals surface area contributed by atoms with Crippen LogP contribution in [0.3, 0.4) is 0 Å². The Bertz CT molecular complexity index is 693. The van der Waals surface area contributed by atoms with Gasteiger partial charge in [-0.15, -0.1) is 0 Å². The van der Waals surface area contributed by atoms with Crippen LogP contribution in [0.2, 0.25) is 0 Å². The van der Waals surface area contributed by atoms with Gasteiger partial charge in [0.15, 0.2) is 0 Å². The highest BCUT2D eigenvalue weighted by atomic mass is 16.1. The Morgan fingerprint density at radius 2 is 2.04 bits per heavy atom. The molecule has 5 heteroatoms. The van der Waals surface area contributed by atoms with Gasteiger partial charge in [0.2, 0.25) is 5.78 Å². The topological polar surface area (TPSA) is 72.1 Å². The van der Waals surface area contributed by atoms with E-state index in [1.54, 1.807) is 24.4 Å². The summed E-state index contributed by atoms with van der Waals surface area (Å²) in [4.78, 5) is 23.4. The molecule has 120 valence electrons. The first-order chi connectivity index (χ1) is 11.2. The second kappa shape index (κ2) is 6.77. The van der Waals surface area contributed by atoms with Gasteiger partial charge < -0.3 is 10.6 Å². The second-order valence-corrected chi connectivity index (χ2v) is 5.99. The van der Waals surface area contributed by atoms with Gasteiger partial charge in [0.25, 0.3) is 0 Å². The molecule has 0 spiro atoms. The van der Waals surface area contributed by atoms with E-state index in [0.717, 1.165) is 24.8 Å². The van der Waals surface area contributed by atoms with Crippen molar-refractivity contribution in [3.05, 3.63) is 47.8 Å². The van der Waals surface area contributed by atoms with Crippen molar-refractivity contribution in [1.29, 1.82) is 0 Å². The fraction of sp³-hybridized carbons (Fsp3) is 0.389. The van der Waals surface area contributed by atoms with E-state index in [2.05, 4.69) is 21.8 Å². The van der Waals surface area contributed by atoms with Crippen molar-refractivity contribution in [3.63, 3.8) is 0 Å². The van der Waals surface area contributed by atoms with Crippen molar-refractivity contribution in [1.82, 2.24) is 9.97 Å². The van der Waals surface area contributed by atoms with E-state index < -0.39 is 0 Å². The number of nitrogens with two attached hydrogens (primary N) is 1. The van der Waals surface area contributed by atoms with Crippen molar-refractivity contribution >= 4 is 17.4 Å². The molecule has 0 amide bonds. The minimum Gasteiger partial charge on any atom is -0.383 e. The lowest BCUT2D eigenvalue weighted by Gasteiger charge is -2.32. The van der Waals surface area contributed by atoms with Gasteiger partial charge in [-0.1, -0.05) is 19.4 Å². The minimum absolute atomic E-state index is 0.180. The summed E-state index contributed by atoms with van der Waals surface area (Å²) in [7, 11) is 0. The summed E-state index contributed by atoms with van der Waals surface area (Å²) in [6, 6.07) is 8.98. The highest BCUT2D eigenvalue weighted by Gasteiger charge is 2.20. The summed E-state index contributed by atoms with van der Waals surface area (Å²) in [5.74, 6) is 1.74. The predicted octanol–water partition coefficient (Wildman–Crippen LogP) is 2.92. The number of pyridine rings is 2. The summed E-state index contributed by atoms with van der Waals surface area (Å²) < 4.78 is 0. The molecule has 2 aromatic rings. The quantitative estimate of drug-likeness (QED) is 0.879. The molecule has 1 fully saturated rings. The predicted molar refractivity (Wildman–Crippen MR) is 91.5 cm³/mol. The Morgan fingerprint density at radius 3 is 2.74 bits per heavy atom. The molecule has 1 aliphatic heterocycles. The molecule has 0 atom stereocenters. The molecule has 1 aliphatic rings. The summed E-state index contributed by atoms with van der Waals surface area (Å²) in [6.07, 6.45) is 5.19. The number of carbonyl (C=O) groups is 1. The first-order valence-corrected chi connectivity index (χ1v) is 8.16. The van der Waals surface area contributed by atoms with Gasteiger partial charge in [-0.25, -0.2) is 9.97 Å². The summed E-state index contributed by atoms with van der Waals surface area (Å²) >= 11 is 0. The second-order valence-electron chi connectivity index (χ2n) is 5.99. The molecule has 0 unspecified atom stereocenters. The Hall–Kier alpha value is -2.43. The maximum atomic E-state index is 12.6. The highest BCUT2D eigenvalue weighted by molar-refractivity contribution is 6.10. The van der Waals surface area contributed by atoms with E-state index >= 15 is 0 Å². The number of nitrogens with zero attached hydrogens (tertiary/aromatic N) is 3. The number of carbonyl (C=O) groups excluding carboxylic acids is 1. The fourth-order valence-electron chi connectivity index (χ4n) is 3.04. The first kappa shape index (κ1) is 15.5. The smallest absolute Gasteiger partial charge is 0.215 e. The molecule has 2 aromatic heterocycles. The van der Waals surface area contributed by atoms with Crippen LogP contribution in [0.1, 0.15) is 42.2 Å². The summed E-state index contributed by atoms with van der Waals surface area (Å²) in [6.45, 7) is 4.24. The molecule has 3 rings (SSSR count). The van der Waals surface area contributed by atoms with E-state index in [-0.39, 0.29) is 11.6 Å². The van der Waals surface area contributed by atoms with Crippen LogP contribution in [-0.4, -0.2) is 28.8 Å². The maximum Gasteiger partial charge on any atom is 0.215 e. The van der Waals surface area contributed by atoms with Gasteiger partial charge in [-0.2, -0.15) is 0 Å². The van der Waals surface area contributed by atoms with Crippen molar-refractivity contribution < 1.29 is 4.79 Å². The minimum atomic E-state index is -0.180. The van der Waals surface area contributed by atoms with Gasteiger partial charge in [-0.05, 0) is 43.0 Å². The van der Waals surface area contributed by atoms with E-state index in [0.29, 0.717) is 11.3 Å². The van der Waals surface area contributed by atoms with Crippen LogP contribution in [0.15, 0.2) is 36.5 Å². The number of piperidine rings is 1. The third-order valence-corrected chi connectivity index (χ3v) is 4.57. The first-order valence-electron chi connectivity index (χ1n) is 8.16. The molecule has 1 saturated heterocycles.